The van der Waals surface area contributed by atoms with Crippen LogP contribution >= 0.6 is 11.6 Å². The van der Waals surface area contributed by atoms with Gasteiger partial charge in [-0.2, -0.15) is 0 Å². The van der Waals surface area contributed by atoms with Crippen molar-refractivity contribution in [3.63, 3.8) is 0 Å². The lowest BCUT2D eigenvalue weighted by atomic mass is 10.2. The van der Waals surface area contributed by atoms with Crippen LogP contribution in [0.5, 0.6) is 0 Å². The molecule has 1 amide bonds. The molecule has 122 valence electrons. The third-order valence-electron chi connectivity index (χ3n) is 4.47. The SMILES string of the molecule is Cc1cc(C(=O)NCC(N)C2CC2)c(C)n1-c1cccc(Cl)c1. The molecule has 5 heteroatoms. The summed E-state index contributed by atoms with van der Waals surface area (Å²) in [7, 11) is 0. The van der Waals surface area contributed by atoms with Gasteiger partial charge in [-0.15, -0.1) is 0 Å². The molecule has 3 rings (SSSR count). The zero-order valence-electron chi connectivity index (χ0n) is 13.5. The Hall–Kier alpha value is -1.78. The van der Waals surface area contributed by atoms with Crippen LogP contribution in [-0.4, -0.2) is 23.1 Å². The van der Waals surface area contributed by atoms with Crippen molar-refractivity contribution in [1.82, 2.24) is 9.88 Å². The monoisotopic (exact) mass is 331 g/mol. The van der Waals surface area contributed by atoms with E-state index < -0.39 is 0 Å². The van der Waals surface area contributed by atoms with Gasteiger partial charge in [-0.3, -0.25) is 4.79 Å². The fourth-order valence-corrected chi connectivity index (χ4v) is 3.19. The Morgan fingerprint density at radius 2 is 2.13 bits per heavy atom. The first kappa shape index (κ1) is 16.1. The normalized spacial score (nSPS) is 15.5. The summed E-state index contributed by atoms with van der Waals surface area (Å²) in [6, 6.07) is 9.60. The maximum Gasteiger partial charge on any atom is 0.253 e. The summed E-state index contributed by atoms with van der Waals surface area (Å²) in [4.78, 5) is 12.5. The van der Waals surface area contributed by atoms with Crippen molar-refractivity contribution in [3.8, 4) is 5.69 Å². The highest BCUT2D eigenvalue weighted by Gasteiger charge is 2.28. The Kier molecular flexibility index (Phi) is 4.46. The van der Waals surface area contributed by atoms with Crippen molar-refractivity contribution < 1.29 is 4.79 Å². The van der Waals surface area contributed by atoms with E-state index in [4.69, 9.17) is 17.3 Å². The average molecular weight is 332 g/mol. The van der Waals surface area contributed by atoms with Gasteiger partial charge in [-0.05, 0) is 56.9 Å². The molecule has 1 aliphatic carbocycles. The van der Waals surface area contributed by atoms with Crippen LogP contribution < -0.4 is 11.1 Å². The zero-order valence-corrected chi connectivity index (χ0v) is 14.2. The number of carbonyl (C=O) groups excluding carboxylic acids is 1. The van der Waals surface area contributed by atoms with E-state index in [1.54, 1.807) is 0 Å². The Morgan fingerprint density at radius 1 is 1.39 bits per heavy atom. The number of carbonyl (C=O) groups is 1. The van der Waals surface area contributed by atoms with Crippen molar-refractivity contribution in [2.24, 2.45) is 11.7 Å². The molecule has 1 heterocycles. The van der Waals surface area contributed by atoms with E-state index in [1.165, 1.54) is 12.8 Å². The lowest BCUT2D eigenvalue weighted by molar-refractivity contribution is 0.0949. The highest BCUT2D eigenvalue weighted by Crippen LogP contribution is 2.31. The van der Waals surface area contributed by atoms with Crippen LogP contribution in [0.15, 0.2) is 30.3 Å². The number of hydrogen-bond acceptors (Lipinski definition) is 2. The van der Waals surface area contributed by atoms with E-state index >= 15 is 0 Å². The molecule has 23 heavy (non-hydrogen) atoms. The van der Waals surface area contributed by atoms with Crippen molar-refractivity contribution >= 4 is 17.5 Å². The van der Waals surface area contributed by atoms with Gasteiger partial charge in [0.2, 0.25) is 0 Å². The molecule has 0 aliphatic heterocycles. The third-order valence-corrected chi connectivity index (χ3v) is 4.70. The van der Waals surface area contributed by atoms with E-state index in [2.05, 4.69) is 5.32 Å². The lowest BCUT2D eigenvalue weighted by Gasteiger charge is -2.12. The molecule has 1 aromatic heterocycles. The summed E-state index contributed by atoms with van der Waals surface area (Å²) in [6.07, 6.45) is 2.36. The van der Waals surface area contributed by atoms with Gasteiger partial charge in [0.1, 0.15) is 0 Å². The maximum atomic E-state index is 12.5. The standard InChI is InChI=1S/C18H22ClN3O/c1-11-8-16(18(23)21-10-17(20)13-6-7-13)12(2)22(11)15-5-3-4-14(19)9-15/h3-5,8-9,13,17H,6-7,10,20H2,1-2H3,(H,21,23). The summed E-state index contributed by atoms with van der Waals surface area (Å²) in [5, 5.41) is 3.64. The molecule has 1 saturated carbocycles. The molecule has 1 aliphatic rings. The molecule has 1 fully saturated rings. The lowest BCUT2D eigenvalue weighted by Crippen LogP contribution is -2.38. The molecule has 0 spiro atoms. The van der Waals surface area contributed by atoms with E-state index in [-0.39, 0.29) is 11.9 Å². The van der Waals surface area contributed by atoms with Gasteiger partial charge in [0.25, 0.3) is 5.91 Å². The summed E-state index contributed by atoms with van der Waals surface area (Å²) < 4.78 is 2.04. The smallest absolute Gasteiger partial charge is 0.253 e. The van der Waals surface area contributed by atoms with Crippen molar-refractivity contribution in [2.45, 2.75) is 32.7 Å². The van der Waals surface area contributed by atoms with E-state index in [0.717, 1.165) is 17.1 Å². The van der Waals surface area contributed by atoms with Gasteiger partial charge in [-0.25, -0.2) is 0 Å². The number of aryl methyl sites for hydroxylation is 1. The molecule has 4 nitrogen and oxygen atoms in total. The Balaban J connectivity index is 1.80. The second-order valence-corrected chi connectivity index (χ2v) is 6.75. The number of nitrogens with two attached hydrogens (primary N) is 1. The highest BCUT2D eigenvalue weighted by molar-refractivity contribution is 6.30. The molecule has 0 saturated heterocycles. The van der Waals surface area contributed by atoms with Gasteiger partial charge in [-0.1, -0.05) is 17.7 Å². The van der Waals surface area contributed by atoms with Crippen LogP contribution in [0.2, 0.25) is 5.02 Å². The number of nitrogens with zero attached hydrogens (tertiary/aromatic N) is 1. The summed E-state index contributed by atoms with van der Waals surface area (Å²) in [5.41, 5.74) is 9.60. The van der Waals surface area contributed by atoms with Gasteiger partial charge >= 0.3 is 0 Å². The predicted molar refractivity (Wildman–Crippen MR) is 93.3 cm³/mol. The van der Waals surface area contributed by atoms with Gasteiger partial charge in [0.15, 0.2) is 0 Å². The number of amides is 1. The first-order valence-electron chi connectivity index (χ1n) is 7.96. The maximum absolute atomic E-state index is 12.5. The minimum Gasteiger partial charge on any atom is -0.350 e. The topological polar surface area (TPSA) is 60.1 Å². The van der Waals surface area contributed by atoms with Crippen molar-refractivity contribution in [1.29, 1.82) is 0 Å². The van der Waals surface area contributed by atoms with E-state index in [1.807, 2.05) is 48.7 Å². The largest absolute Gasteiger partial charge is 0.350 e. The predicted octanol–water partition coefficient (Wildman–Crippen LogP) is 3.21. The molecule has 0 bridgehead atoms. The van der Waals surface area contributed by atoms with Crippen LogP contribution in [0.25, 0.3) is 5.69 Å². The van der Waals surface area contributed by atoms with Gasteiger partial charge in [0, 0.05) is 34.7 Å². The molecule has 1 unspecified atom stereocenters. The summed E-state index contributed by atoms with van der Waals surface area (Å²) in [5.74, 6) is 0.511. The number of benzene rings is 1. The van der Waals surface area contributed by atoms with Crippen LogP contribution in [0.3, 0.4) is 0 Å². The molecular formula is C18H22ClN3O. The van der Waals surface area contributed by atoms with Crippen LogP contribution in [0.1, 0.15) is 34.6 Å². The number of rotatable bonds is 5. The molecule has 2 aromatic rings. The Bertz CT molecular complexity index is 734. The second-order valence-electron chi connectivity index (χ2n) is 6.31. The van der Waals surface area contributed by atoms with Gasteiger partial charge < -0.3 is 15.6 Å². The quantitative estimate of drug-likeness (QED) is 0.883. The highest BCUT2D eigenvalue weighted by atomic mass is 35.5. The third kappa shape index (κ3) is 3.43. The zero-order chi connectivity index (χ0) is 16.6. The Labute approximate surface area is 141 Å². The number of hydrogen-bond donors (Lipinski definition) is 2. The summed E-state index contributed by atoms with van der Waals surface area (Å²) >= 11 is 6.08. The number of nitrogens with one attached hydrogen (secondary N) is 1. The minimum atomic E-state index is -0.0671. The van der Waals surface area contributed by atoms with Crippen molar-refractivity contribution in [3.05, 3.63) is 52.3 Å². The van der Waals surface area contributed by atoms with Gasteiger partial charge in [0.05, 0.1) is 5.56 Å². The minimum absolute atomic E-state index is 0.0652. The molecule has 1 aromatic carbocycles. The van der Waals surface area contributed by atoms with Crippen LogP contribution in [0.4, 0.5) is 0 Å². The van der Waals surface area contributed by atoms with E-state index in [9.17, 15) is 4.79 Å². The van der Waals surface area contributed by atoms with Crippen LogP contribution in [0, 0.1) is 19.8 Å². The number of halogens is 1. The molecule has 3 N–H and O–H groups in total. The Morgan fingerprint density at radius 3 is 2.78 bits per heavy atom. The van der Waals surface area contributed by atoms with Crippen LogP contribution in [-0.2, 0) is 0 Å². The number of aromatic nitrogens is 1. The molecular weight excluding hydrogens is 310 g/mol. The first-order valence-corrected chi connectivity index (χ1v) is 8.34. The van der Waals surface area contributed by atoms with E-state index in [0.29, 0.717) is 23.0 Å². The fourth-order valence-electron chi connectivity index (χ4n) is 3.00. The summed E-state index contributed by atoms with van der Waals surface area (Å²) in [6.45, 7) is 4.47. The first-order chi connectivity index (χ1) is 11.0. The molecule has 0 radical (unpaired) electrons. The fraction of sp³-hybridized carbons (Fsp3) is 0.389. The second kappa shape index (κ2) is 6.38. The average Bonchev–Trinajstić information content (AvgIpc) is 3.31. The molecule has 1 atom stereocenters. The van der Waals surface area contributed by atoms with Crippen molar-refractivity contribution in [2.75, 3.05) is 6.54 Å².